The van der Waals surface area contributed by atoms with Crippen molar-refractivity contribution in [2.24, 2.45) is 0 Å². The Balaban J connectivity index is 2.63. The molecule has 1 unspecified atom stereocenters. The van der Waals surface area contributed by atoms with Crippen molar-refractivity contribution < 1.29 is 4.79 Å². The lowest BCUT2D eigenvalue weighted by Gasteiger charge is -2.26. The largest absolute Gasteiger partial charge is 0.347 e. The Bertz CT molecular complexity index is 385. The number of likely N-dealkylation sites (N-methyl/N-ethyl adjacent to an activating group) is 1. The molecule has 0 aliphatic carbocycles. The van der Waals surface area contributed by atoms with Crippen molar-refractivity contribution in [1.29, 1.82) is 0 Å². The lowest BCUT2D eigenvalue weighted by Crippen LogP contribution is -2.52. The van der Waals surface area contributed by atoms with Gasteiger partial charge in [-0.2, -0.15) is 0 Å². The van der Waals surface area contributed by atoms with Crippen LogP contribution in [0.5, 0.6) is 0 Å². The zero-order chi connectivity index (χ0) is 13.1. The van der Waals surface area contributed by atoms with E-state index in [1.165, 1.54) is 9.75 Å². The zero-order valence-electron chi connectivity index (χ0n) is 11.3. The van der Waals surface area contributed by atoms with Crippen LogP contribution in [0.3, 0.4) is 0 Å². The van der Waals surface area contributed by atoms with Crippen LogP contribution in [0, 0.1) is 6.92 Å². The van der Waals surface area contributed by atoms with E-state index in [4.69, 9.17) is 0 Å². The predicted octanol–water partition coefficient (Wildman–Crippen LogP) is 2.62. The smallest absolute Gasteiger partial charge is 0.240 e. The minimum absolute atomic E-state index is 0.0397. The number of hydrogen-bond donors (Lipinski definition) is 2. The van der Waals surface area contributed by atoms with Crippen molar-refractivity contribution in [1.82, 2.24) is 10.6 Å². The highest BCUT2D eigenvalue weighted by Gasteiger charge is 2.27. The molecule has 0 fully saturated rings. The molecular weight excluding hydrogens is 232 g/mol. The molecule has 0 radical (unpaired) electrons. The summed E-state index contributed by atoms with van der Waals surface area (Å²) in [6, 6.07) is 4.22. The average Bonchev–Trinajstić information content (AvgIpc) is 2.64. The molecule has 0 saturated heterocycles. The topological polar surface area (TPSA) is 41.1 Å². The highest BCUT2D eigenvalue weighted by atomic mass is 32.1. The van der Waals surface area contributed by atoms with Crippen LogP contribution in [-0.2, 0) is 4.79 Å². The normalized spacial score (nSPS) is 13.5. The molecule has 4 heteroatoms. The fourth-order valence-corrected chi connectivity index (χ4v) is 2.54. The molecule has 1 amide bonds. The quantitative estimate of drug-likeness (QED) is 0.848. The molecule has 1 rings (SSSR count). The molecule has 0 bridgehead atoms. The van der Waals surface area contributed by atoms with Crippen molar-refractivity contribution in [2.75, 3.05) is 6.54 Å². The van der Waals surface area contributed by atoms with Crippen LogP contribution < -0.4 is 10.6 Å². The first kappa shape index (κ1) is 14.2. The van der Waals surface area contributed by atoms with Crippen LogP contribution in [0.25, 0.3) is 0 Å². The second-order valence-corrected chi connectivity index (χ2v) is 6.12. The molecule has 0 aliphatic rings. The van der Waals surface area contributed by atoms with E-state index < -0.39 is 5.54 Å². The number of rotatable bonds is 5. The third kappa shape index (κ3) is 3.82. The van der Waals surface area contributed by atoms with Crippen LogP contribution in [0.4, 0.5) is 0 Å². The Kier molecular flexibility index (Phi) is 4.71. The van der Waals surface area contributed by atoms with Gasteiger partial charge in [-0.25, -0.2) is 0 Å². The number of thiophene rings is 1. The van der Waals surface area contributed by atoms with Gasteiger partial charge in [0.1, 0.15) is 0 Å². The first-order chi connectivity index (χ1) is 7.86. The third-order valence-electron chi connectivity index (χ3n) is 2.72. The monoisotopic (exact) mass is 254 g/mol. The van der Waals surface area contributed by atoms with E-state index in [-0.39, 0.29) is 11.9 Å². The maximum atomic E-state index is 12.1. The average molecular weight is 254 g/mol. The van der Waals surface area contributed by atoms with E-state index in [0.29, 0.717) is 0 Å². The molecule has 1 aromatic heterocycles. The number of carbonyl (C=O) groups is 1. The van der Waals surface area contributed by atoms with Crippen LogP contribution in [0.15, 0.2) is 12.1 Å². The maximum Gasteiger partial charge on any atom is 0.240 e. The van der Waals surface area contributed by atoms with Gasteiger partial charge in [-0.05, 0) is 46.4 Å². The molecule has 2 N–H and O–H groups in total. The summed E-state index contributed by atoms with van der Waals surface area (Å²) in [7, 11) is 0. The molecule has 1 atom stereocenters. The number of carbonyl (C=O) groups excluding carboxylic acids is 1. The van der Waals surface area contributed by atoms with Gasteiger partial charge in [0.05, 0.1) is 11.6 Å². The summed E-state index contributed by atoms with van der Waals surface area (Å²) >= 11 is 1.73. The molecule has 0 saturated carbocycles. The SMILES string of the molecule is CCNC(C)(C)C(=O)NC(C)c1ccc(C)s1. The standard InChI is InChI=1S/C13H22N2OS/c1-6-14-13(4,5)12(16)15-10(3)11-8-7-9(2)17-11/h7-8,10,14H,6H2,1-5H3,(H,15,16). The first-order valence-corrected chi connectivity index (χ1v) is 6.80. The molecular formula is C13H22N2OS. The van der Waals surface area contributed by atoms with Crippen LogP contribution in [0.2, 0.25) is 0 Å². The lowest BCUT2D eigenvalue weighted by atomic mass is 10.0. The summed E-state index contributed by atoms with van der Waals surface area (Å²) in [4.78, 5) is 14.5. The Morgan fingerprint density at radius 1 is 1.47 bits per heavy atom. The summed E-state index contributed by atoms with van der Waals surface area (Å²) in [5.74, 6) is 0.0397. The second kappa shape index (κ2) is 5.65. The molecule has 1 heterocycles. The zero-order valence-corrected chi connectivity index (χ0v) is 12.1. The van der Waals surface area contributed by atoms with E-state index in [0.717, 1.165) is 6.54 Å². The fraction of sp³-hybridized carbons (Fsp3) is 0.615. The number of nitrogens with one attached hydrogen (secondary N) is 2. The summed E-state index contributed by atoms with van der Waals surface area (Å²) < 4.78 is 0. The first-order valence-electron chi connectivity index (χ1n) is 5.99. The Morgan fingerprint density at radius 3 is 2.59 bits per heavy atom. The predicted molar refractivity (Wildman–Crippen MR) is 73.4 cm³/mol. The van der Waals surface area contributed by atoms with E-state index in [2.05, 4.69) is 29.7 Å². The molecule has 3 nitrogen and oxygen atoms in total. The summed E-state index contributed by atoms with van der Waals surface area (Å²) in [5.41, 5.74) is -0.519. The minimum atomic E-state index is -0.519. The van der Waals surface area contributed by atoms with Gasteiger partial charge in [0.25, 0.3) is 0 Å². The van der Waals surface area contributed by atoms with Crippen LogP contribution in [0.1, 0.15) is 43.5 Å². The maximum absolute atomic E-state index is 12.1. The van der Waals surface area contributed by atoms with Crippen molar-refractivity contribution in [3.05, 3.63) is 21.9 Å². The van der Waals surface area contributed by atoms with Crippen LogP contribution >= 0.6 is 11.3 Å². The van der Waals surface area contributed by atoms with Crippen molar-refractivity contribution in [3.63, 3.8) is 0 Å². The number of hydrogen-bond acceptors (Lipinski definition) is 3. The Morgan fingerprint density at radius 2 is 2.12 bits per heavy atom. The van der Waals surface area contributed by atoms with Crippen LogP contribution in [-0.4, -0.2) is 18.0 Å². The van der Waals surface area contributed by atoms with E-state index in [1.807, 2.05) is 27.7 Å². The van der Waals surface area contributed by atoms with Crippen molar-refractivity contribution in [2.45, 2.75) is 46.2 Å². The van der Waals surface area contributed by atoms with Crippen molar-refractivity contribution in [3.8, 4) is 0 Å². The molecule has 0 aromatic carbocycles. The second-order valence-electron chi connectivity index (χ2n) is 4.80. The molecule has 0 spiro atoms. The number of aryl methyl sites for hydroxylation is 1. The Labute approximate surface area is 108 Å². The van der Waals surface area contributed by atoms with Gasteiger partial charge in [0.15, 0.2) is 0 Å². The summed E-state index contributed by atoms with van der Waals surface area (Å²) in [5, 5.41) is 6.22. The summed E-state index contributed by atoms with van der Waals surface area (Å²) in [6.45, 7) is 10.7. The molecule has 17 heavy (non-hydrogen) atoms. The van der Waals surface area contributed by atoms with Gasteiger partial charge in [0.2, 0.25) is 5.91 Å². The fourth-order valence-electron chi connectivity index (χ4n) is 1.66. The van der Waals surface area contributed by atoms with E-state index in [1.54, 1.807) is 11.3 Å². The van der Waals surface area contributed by atoms with Crippen molar-refractivity contribution >= 4 is 17.2 Å². The summed E-state index contributed by atoms with van der Waals surface area (Å²) in [6.07, 6.45) is 0. The molecule has 96 valence electrons. The highest BCUT2D eigenvalue weighted by molar-refractivity contribution is 7.12. The van der Waals surface area contributed by atoms with Gasteiger partial charge in [-0.3, -0.25) is 4.79 Å². The third-order valence-corrected chi connectivity index (χ3v) is 3.91. The van der Waals surface area contributed by atoms with Gasteiger partial charge in [-0.15, -0.1) is 11.3 Å². The Hall–Kier alpha value is -0.870. The molecule has 1 aromatic rings. The number of amides is 1. The minimum Gasteiger partial charge on any atom is -0.347 e. The van der Waals surface area contributed by atoms with E-state index in [9.17, 15) is 4.79 Å². The molecule has 0 aliphatic heterocycles. The van der Waals surface area contributed by atoms with Gasteiger partial charge in [-0.1, -0.05) is 6.92 Å². The highest BCUT2D eigenvalue weighted by Crippen LogP contribution is 2.22. The lowest BCUT2D eigenvalue weighted by molar-refractivity contribution is -0.127. The van der Waals surface area contributed by atoms with Gasteiger partial charge < -0.3 is 10.6 Å². The van der Waals surface area contributed by atoms with E-state index >= 15 is 0 Å². The van der Waals surface area contributed by atoms with Gasteiger partial charge in [0, 0.05) is 9.75 Å². The van der Waals surface area contributed by atoms with Gasteiger partial charge >= 0.3 is 0 Å².